The molecule has 0 saturated carbocycles. The third-order valence-corrected chi connectivity index (χ3v) is 10.6. The Labute approximate surface area is 215 Å². The zero-order valence-corrected chi connectivity index (χ0v) is 21.6. The van der Waals surface area contributed by atoms with E-state index < -0.39 is 8.07 Å². The van der Waals surface area contributed by atoms with Crippen LogP contribution < -0.4 is 10.5 Å². The molecule has 0 saturated heterocycles. The number of phenolic OH excluding ortho intramolecular Hbond substituents is 1. The summed E-state index contributed by atoms with van der Waals surface area (Å²) >= 11 is 0. The monoisotopic (exact) mass is 510 g/mol. The number of nitrogens with one attached hydrogen (secondary N) is 1. The van der Waals surface area contributed by atoms with Gasteiger partial charge in [-0.1, -0.05) is 37.4 Å². The average molecular weight is 511 g/mol. The molecule has 1 aliphatic carbocycles. The lowest BCUT2D eigenvalue weighted by Gasteiger charge is -2.37. The van der Waals surface area contributed by atoms with Gasteiger partial charge in [0.25, 0.3) is 17.7 Å². The minimum atomic E-state index is -2.23. The van der Waals surface area contributed by atoms with Crippen molar-refractivity contribution in [1.82, 2.24) is 10.2 Å². The molecule has 0 unspecified atom stereocenters. The second kappa shape index (κ2) is 9.29. The Kier molecular flexibility index (Phi) is 6.13. The van der Waals surface area contributed by atoms with E-state index in [-0.39, 0.29) is 35.8 Å². The molecular formula is C29H26N2O5Si. The third kappa shape index (κ3) is 4.40. The van der Waals surface area contributed by atoms with E-state index in [0.29, 0.717) is 18.5 Å². The largest absolute Gasteiger partial charge is 0.508 e. The maximum Gasteiger partial charge on any atom is 0.253 e. The van der Waals surface area contributed by atoms with Gasteiger partial charge < -0.3 is 10.4 Å². The van der Waals surface area contributed by atoms with Gasteiger partial charge in [0.2, 0.25) is 0 Å². The molecule has 0 radical (unpaired) electrons. The molecule has 0 atom stereocenters. The van der Waals surface area contributed by atoms with E-state index in [0.717, 1.165) is 37.6 Å². The van der Waals surface area contributed by atoms with E-state index in [1.807, 2.05) is 30.3 Å². The number of allylic oxidation sites excluding steroid dienone is 5. The first kappa shape index (κ1) is 24.4. The number of fused-ring (bicyclic) bond motifs is 2. The van der Waals surface area contributed by atoms with E-state index in [1.165, 1.54) is 12.2 Å². The summed E-state index contributed by atoms with van der Waals surface area (Å²) < 4.78 is 0. The number of aromatic hydroxyl groups is 1. The smallest absolute Gasteiger partial charge is 0.253 e. The van der Waals surface area contributed by atoms with Gasteiger partial charge in [-0.25, -0.2) is 0 Å². The van der Waals surface area contributed by atoms with Crippen LogP contribution in [0.3, 0.4) is 0 Å². The van der Waals surface area contributed by atoms with E-state index in [4.69, 9.17) is 0 Å². The molecule has 186 valence electrons. The molecule has 2 N–H and O–H groups in total. The Morgan fingerprint density at radius 1 is 0.946 bits per heavy atom. The zero-order chi connectivity index (χ0) is 26.3. The van der Waals surface area contributed by atoms with Crippen molar-refractivity contribution in [2.24, 2.45) is 0 Å². The van der Waals surface area contributed by atoms with Crippen molar-refractivity contribution in [3.63, 3.8) is 0 Å². The van der Waals surface area contributed by atoms with Crippen LogP contribution in [0, 0.1) is 0 Å². The van der Waals surface area contributed by atoms with Crippen LogP contribution in [0.15, 0.2) is 83.6 Å². The van der Waals surface area contributed by atoms with Gasteiger partial charge in [-0.3, -0.25) is 24.1 Å². The summed E-state index contributed by atoms with van der Waals surface area (Å²) in [6.07, 6.45) is 8.13. The van der Waals surface area contributed by atoms with Crippen molar-refractivity contribution < 1.29 is 24.3 Å². The van der Waals surface area contributed by atoms with Crippen LogP contribution in [-0.4, -0.2) is 54.7 Å². The van der Waals surface area contributed by atoms with Crippen molar-refractivity contribution in [3.8, 4) is 5.75 Å². The molecule has 2 aromatic rings. The van der Waals surface area contributed by atoms with Gasteiger partial charge in [0.15, 0.2) is 5.78 Å². The Hall–Kier alpha value is -4.30. The molecular weight excluding hydrogens is 484 g/mol. The van der Waals surface area contributed by atoms with Crippen molar-refractivity contribution in [2.45, 2.75) is 19.5 Å². The molecule has 2 heterocycles. The van der Waals surface area contributed by atoms with Gasteiger partial charge in [0.05, 0.1) is 0 Å². The lowest BCUT2D eigenvalue weighted by Crippen LogP contribution is -2.49. The fourth-order valence-electron chi connectivity index (χ4n) is 5.11. The maximum absolute atomic E-state index is 12.7. The number of carbonyl (C=O) groups excluding carboxylic acids is 4. The SMILES string of the molecule is C[Si]1(C)C2=CC(=O)C=CC2=C(c2ccc(C(=O)NCCCN3C(=O)C=CC3=O)cc2)c2ccc(O)cc21. The van der Waals surface area contributed by atoms with Crippen molar-refractivity contribution in [1.29, 1.82) is 0 Å². The molecule has 3 amide bonds. The number of rotatable bonds is 6. The van der Waals surface area contributed by atoms with Crippen LogP contribution in [-0.2, 0) is 14.4 Å². The molecule has 8 heteroatoms. The normalized spacial score (nSPS) is 17.6. The van der Waals surface area contributed by atoms with Gasteiger partial charge in [0, 0.05) is 30.8 Å². The van der Waals surface area contributed by atoms with E-state index in [9.17, 15) is 24.3 Å². The highest BCUT2D eigenvalue weighted by Gasteiger charge is 2.39. The summed E-state index contributed by atoms with van der Waals surface area (Å²) in [7, 11) is -2.23. The summed E-state index contributed by atoms with van der Waals surface area (Å²) in [5.74, 6) is -0.745. The maximum atomic E-state index is 12.7. The second-order valence-electron chi connectivity index (χ2n) is 9.79. The minimum Gasteiger partial charge on any atom is -0.508 e. The van der Waals surface area contributed by atoms with Gasteiger partial charge >= 0.3 is 0 Å². The molecule has 0 spiro atoms. The number of benzene rings is 2. The fourth-order valence-corrected chi connectivity index (χ4v) is 8.17. The van der Waals surface area contributed by atoms with Crippen LogP contribution in [0.2, 0.25) is 13.1 Å². The first-order chi connectivity index (χ1) is 17.7. The third-order valence-electron chi connectivity index (χ3n) is 7.06. The predicted molar refractivity (Wildman–Crippen MR) is 143 cm³/mol. The van der Waals surface area contributed by atoms with Crippen LogP contribution in [0.1, 0.15) is 27.9 Å². The molecule has 0 fully saturated rings. The molecule has 2 aliphatic heterocycles. The summed E-state index contributed by atoms with van der Waals surface area (Å²) in [6, 6.07) is 12.7. The zero-order valence-electron chi connectivity index (χ0n) is 20.6. The van der Waals surface area contributed by atoms with E-state index in [2.05, 4.69) is 18.4 Å². The lowest BCUT2D eigenvalue weighted by molar-refractivity contribution is -0.136. The number of nitrogens with zero attached hydrogens (tertiary/aromatic N) is 1. The van der Waals surface area contributed by atoms with Crippen LogP contribution >= 0.6 is 0 Å². The van der Waals surface area contributed by atoms with Crippen LogP contribution in [0.4, 0.5) is 0 Å². The van der Waals surface area contributed by atoms with Crippen molar-refractivity contribution >= 4 is 42.3 Å². The molecule has 37 heavy (non-hydrogen) atoms. The number of hydrogen-bond acceptors (Lipinski definition) is 5. The lowest BCUT2D eigenvalue weighted by atomic mass is 9.89. The van der Waals surface area contributed by atoms with Crippen molar-refractivity contribution in [3.05, 3.63) is 100 Å². The van der Waals surface area contributed by atoms with Gasteiger partial charge in [-0.05, 0) is 75.5 Å². The van der Waals surface area contributed by atoms with E-state index >= 15 is 0 Å². The first-order valence-electron chi connectivity index (χ1n) is 12.1. The molecule has 5 rings (SSSR count). The first-order valence-corrected chi connectivity index (χ1v) is 15.1. The highest BCUT2D eigenvalue weighted by Crippen LogP contribution is 2.41. The minimum absolute atomic E-state index is 0.0379. The van der Waals surface area contributed by atoms with Gasteiger partial charge in [0.1, 0.15) is 13.8 Å². The van der Waals surface area contributed by atoms with Crippen molar-refractivity contribution in [2.75, 3.05) is 13.1 Å². The number of ketones is 1. The van der Waals surface area contributed by atoms with Crippen LogP contribution in [0.25, 0.3) is 5.57 Å². The van der Waals surface area contributed by atoms with Gasteiger partial charge in [-0.2, -0.15) is 0 Å². The van der Waals surface area contributed by atoms with Crippen LogP contribution in [0.5, 0.6) is 5.75 Å². The van der Waals surface area contributed by atoms with E-state index in [1.54, 1.807) is 30.4 Å². The standard InChI is InChI=1S/C29H26N2O5Si/c1-37(2)24-16-20(32)8-10-22(24)28(23-11-9-21(33)17-25(23)37)18-4-6-19(7-5-18)29(36)30-14-3-15-31-26(34)12-13-27(31)35/h4-13,16-17,32H,3,14-15H2,1-2H3,(H,30,36). The fraction of sp³-hybridized carbons (Fsp3) is 0.172. The summed E-state index contributed by atoms with van der Waals surface area (Å²) in [5, 5.41) is 15.1. The number of imide groups is 1. The summed E-state index contributed by atoms with van der Waals surface area (Å²) in [6.45, 7) is 4.94. The number of amides is 3. The Balaban J connectivity index is 1.37. The molecule has 3 aliphatic rings. The number of phenols is 1. The molecule has 0 aromatic heterocycles. The Morgan fingerprint density at radius 3 is 2.35 bits per heavy atom. The number of hydrogen-bond donors (Lipinski definition) is 2. The summed E-state index contributed by atoms with van der Waals surface area (Å²) in [5.41, 5.74) is 4.40. The predicted octanol–water partition coefficient (Wildman–Crippen LogP) is 2.77. The highest BCUT2D eigenvalue weighted by atomic mass is 28.3. The molecule has 2 aromatic carbocycles. The average Bonchev–Trinajstić information content (AvgIpc) is 3.20. The molecule has 0 bridgehead atoms. The van der Waals surface area contributed by atoms with Gasteiger partial charge in [-0.15, -0.1) is 0 Å². The highest BCUT2D eigenvalue weighted by molar-refractivity contribution is 6.98. The Morgan fingerprint density at radius 2 is 1.65 bits per heavy atom. The number of carbonyl (C=O) groups is 4. The second-order valence-corrected chi connectivity index (χ2v) is 14.1. The Bertz CT molecular complexity index is 1460. The quantitative estimate of drug-likeness (QED) is 0.353. The summed E-state index contributed by atoms with van der Waals surface area (Å²) in [4.78, 5) is 49.3. The molecule has 7 nitrogen and oxygen atoms in total. The topological polar surface area (TPSA) is 104 Å².